The number of aromatic amines is 2. The maximum Gasteiger partial charge on any atom is 0.407 e. The van der Waals surface area contributed by atoms with Gasteiger partial charge in [0.2, 0.25) is 11.8 Å². The van der Waals surface area contributed by atoms with Gasteiger partial charge in [0.25, 0.3) is 5.91 Å². The molecule has 4 atom stereocenters. The lowest BCUT2D eigenvalue weighted by molar-refractivity contribution is -0.140. The van der Waals surface area contributed by atoms with Crippen molar-refractivity contribution in [2.45, 2.75) is 87.9 Å². The first kappa shape index (κ1) is 42.7. The fourth-order valence-electron chi connectivity index (χ4n) is 9.59. The number of hydrogen-bond acceptors (Lipinski definition) is 8. The van der Waals surface area contributed by atoms with Crippen LogP contribution in [0.3, 0.4) is 0 Å². The van der Waals surface area contributed by atoms with Gasteiger partial charge in [0.1, 0.15) is 41.1 Å². The van der Waals surface area contributed by atoms with E-state index in [0.717, 1.165) is 43.4 Å². The van der Waals surface area contributed by atoms with Crippen molar-refractivity contribution in [1.82, 2.24) is 40.4 Å². The van der Waals surface area contributed by atoms with E-state index in [1.165, 1.54) is 25.4 Å². The van der Waals surface area contributed by atoms with Crippen LogP contribution in [0.25, 0.3) is 11.3 Å². The second kappa shape index (κ2) is 18.6. The summed E-state index contributed by atoms with van der Waals surface area (Å²) in [6, 6.07) is 18.5. The Morgan fingerprint density at radius 2 is 1.25 bits per heavy atom. The van der Waals surface area contributed by atoms with Crippen LogP contribution in [-0.2, 0) is 19.1 Å². The molecule has 334 valence electrons. The SMILES string of the molecule is COC(=O)N[C@@H](C(=O)N1CCC[C@H]1c1ncc(-c2cc(F)c(N3CCC(c4cnc([C@@H]5CCCCN5C(=O)[C@H](NC(=O)C5CC5)c5ccccc5)[nH]4)CC3)c(F)c2)[nH]1)c1ccccc1. The number of aromatic nitrogens is 4. The zero-order valence-corrected chi connectivity index (χ0v) is 35.8. The molecule has 0 radical (unpaired) electrons. The summed E-state index contributed by atoms with van der Waals surface area (Å²) < 4.78 is 36.7. The maximum absolute atomic E-state index is 16.0. The van der Waals surface area contributed by atoms with Gasteiger partial charge in [-0.2, -0.15) is 0 Å². The summed E-state index contributed by atoms with van der Waals surface area (Å²) in [5.74, 6) is -0.681. The molecule has 4 fully saturated rings. The monoisotopic (exact) mass is 873 g/mol. The Hall–Kier alpha value is -6.58. The predicted octanol–water partition coefficient (Wildman–Crippen LogP) is 7.54. The summed E-state index contributed by atoms with van der Waals surface area (Å²) in [6.45, 7) is 1.85. The number of amides is 4. The number of alkyl carbamates (subject to hydrolysis) is 1. The normalized spacial score (nSPS) is 20.1. The Balaban J connectivity index is 0.849. The number of likely N-dealkylation sites (tertiary alicyclic amines) is 2. The van der Waals surface area contributed by atoms with Gasteiger partial charge in [-0.25, -0.2) is 23.5 Å². The van der Waals surface area contributed by atoms with E-state index in [0.29, 0.717) is 80.3 Å². The van der Waals surface area contributed by atoms with E-state index in [9.17, 15) is 19.2 Å². The number of anilines is 1. The first-order chi connectivity index (χ1) is 31.2. The lowest BCUT2D eigenvalue weighted by Crippen LogP contribution is -2.46. The molecule has 3 saturated heterocycles. The van der Waals surface area contributed by atoms with Gasteiger partial charge in [0.05, 0.1) is 31.1 Å². The van der Waals surface area contributed by atoms with Crippen LogP contribution in [0.1, 0.15) is 116 Å². The third-order valence-electron chi connectivity index (χ3n) is 13.2. The summed E-state index contributed by atoms with van der Waals surface area (Å²) in [6.07, 6.45) is 9.45. The minimum Gasteiger partial charge on any atom is -0.453 e. The fourth-order valence-corrected chi connectivity index (χ4v) is 9.59. The number of methoxy groups -OCH3 is 1. The van der Waals surface area contributed by atoms with Crippen LogP contribution in [-0.4, -0.2) is 86.8 Å². The molecule has 4 N–H and O–H groups in total. The number of benzene rings is 3. The second-order valence-corrected chi connectivity index (χ2v) is 17.3. The van der Waals surface area contributed by atoms with E-state index in [4.69, 9.17) is 9.72 Å². The molecule has 4 aliphatic rings. The fraction of sp³-hybridized carbons (Fsp3) is 0.417. The van der Waals surface area contributed by atoms with Gasteiger partial charge in [-0.05, 0) is 81.0 Å². The molecule has 0 spiro atoms. The van der Waals surface area contributed by atoms with Crippen molar-refractivity contribution in [2.75, 3.05) is 38.2 Å². The number of ether oxygens (including phenoxy) is 1. The van der Waals surface area contributed by atoms with Crippen LogP contribution < -0.4 is 15.5 Å². The largest absolute Gasteiger partial charge is 0.453 e. The van der Waals surface area contributed by atoms with Crippen LogP contribution in [0.15, 0.2) is 85.2 Å². The van der Waals surface area contributed by atoms with Crippen LogP contribution in [0.5, 0.6) is 0 Å². The first-order valence-corrected chi connectivity index (χ1v) is 22.4. The molecule has 16 heteroatoms. The predicted molar refractivity (Wildman–Crippen MR) is 233 cm³/mol. The van der Waals surface area contributed by atoms with Crippen LogP contribution in [0.2, 0.25) is 0 Å². The van der Waals surface area contributed by atoms with Gasteiger partial charge in [-0.1, -0.05) is 60.7 Å². The summed E-state index contributed by atoms with van der Waals surface area (Å²) in [7, 11) is 1.24. The molecular formula is C48H53F2N9O5. The molecule has 14 nitrogen and oxygen atoms in total. The zero-order chi connectivity index (χ0) is 44.3. The van der Waals surface area contributed by atoms with Crippen molar-refractivity contribution < 1.29 is 32.7 Å². The van der Waals surface area contributed by atoms with Crippen molar-refractivity contribution >= 4 is 29.5 Å². The van der Waals surface area contributed by atoms with E-state index in [1.807, 2.05) is 47.5 Å². The summed E-state index contributed by atoms with van der Waals surface area (Å²) in [5.41, 5.74) is 2.91. The highest BCUT2D eigenvalue weighted by Gasteiger charge is 2.40. The molecule has 1 aliphatic carbocycles. The van der Waals surface area contributed by atoms with Crippen molar-refractivity contribution in [2.24, 2.45) is 5.92 Å². The smallest absolute Gasteiger partial charge is 0.407 e. The van der Waals surface area contributed by atoms with E-state index in [-0.39, 0.29) is 41.3 Å². The Kier molecular flexibility index (Phi) is 12.4. The molecule has 2 aromatic heterocycles. The van der Waals surface area contributed by atoms with Gasteiger partial charge in [0.15, 0.2) is 0 Å². The van der Waals surface area contributed by atoms with E-state index < -0.39 is 35.9 Å². The molecule has 3 aromatic carbocycles. The van der Waals surface area contributed by atoms with Gasteiger partial charge in [-0.15, -0.1) is 0 Å². The summed E-state index contributed by atoms with van der Waals surface area (Å²) in [4.78, 5) is 74.7. The maximum atomic E-state index is 16.0. The van der Waals surface area contributed by atoms with E-state index in [1.54, 1.807) is 34.1 Å². The highest BCUT2D eigenvalue weighted by molar-refractivity contribution is 5.90. The average molecular weight is 874 g/mol. The lowest BCUT2D eigenvalue weighted by atomic mass is 9.93. The number of halogens is 2. The molecule has 0 unspecified atom stereocenters. The Morgan fingerprint density at radius 3 is 1.86 bits per heavy atom. The first-order valence-electron chi connectivity index (χ1n) is 22.4. The summed E-state index contributed by atoms with van der Waals surface area (Å²) >= 11 is 0. The summed E-state index contributed by atoms with van der Waals surface area (Å²) in [5, 5.41) is 5.69. The zero-order valence-electron chi connectivity index (χ0n) is 35.8. The molecule has 5 aromatic rings. The Morgan fingerprint density at radius 1 is 0.688 bits per heavy atom. The van der Waals surface area contributed by atoms with Gasteiger partial charge in [-0.3, -0.25) is 14.4 Å². The number of imidazole rings is 2. The van der Waals surface area contributed by atoms with E-state index in [2.05, 4.69) is 25.6 Å². The molecule has 4 amide bonds. The number of hydrogen-bond donors (Lipinski definition) is 4. The van der Waals surface area contributed by atoms with Gasteiger partial charge >= 0.3 is 6.09 Å². The minimum atomic E-state index is -0.974. The standard InChI is InChI=1S/C48H53F2N9O5/c1-64-48(63)56-41(31-13-6-3-7-14-31)47(62)59-22-10-16-39(59)44-52-28-37(54-44)33-25-34(49)42(35(50)26-33)57-23-19-29(20-24-57)36-27-51-43(53-36)38-15-8-9-21-58(38)46(61)40(30-11-4-2-5-12-30)55-45(60)32-17-18-32/h2-7,11-14,25-29,32,38-41H,8-10,15-24H2,1H3,(H,51,53)(H,52,54)(H,55,60)(H,56,63)/t38-,39-,40+,41+/m0/s1. The minimum absolute atomic E-state index is 0.0339. The quantitative estimate of drug-likeness (QED) is 0.0997. The number of rotatable bonds is 12. The number of piperidine rings is 2. The second-order valence-electron chi connectivity index (χ2n) is 17.3. The van der Waals surface area contributed by atoms with Crippen molar-refractivity contribution in [1.29, 1.82) is 0 Å². The van der Waals surface area contributed by atoms with Gasteiger partial charge in [0, 0.05) is 55.5 Å². The van der Waals surface area contributed by atoms with Crippen LogP contribution in [0.4, 0.5) is 19.3 Å². The number of carbonyl (C=O) groups excluding carboxylic acids is 4. The number of nitrogens with zero attached hydrogens (tertiary/aromatic N) is 5. The molecule has 64 heavy (non-hydrogen) atoms. The molecule has 0 bridgehead atoms. The number of nitrogens with one attached hydrogen (secondary N) is 4. The third kappa shape index (κ3) is 8.95. The third-order valence-corrected chi connectivity index (χ3v) is 13.2. The Bertz CT molecular complexity index is 2450. The van der Waals surface area contributed by atoms with E-state index >= 15 is 8.78 Å². The Labute approximate surface area is 370 Å². The average Bonchev–Trinajstić information content (AvgIpc) is 3.63. The van der Waals surface area contributed by atoms with Crippen molar-refractivity contribution in [3.63, 3.8) is 0 Å². The molecule has 5 heterocycles. The van der Waals surface area contributed by atoms with Gasteiger partial charge < -0.3 is 40.0 Å². The molecule has 1 saturated carbocycles. The number of H-pyrrole nitrogens is 2. The number of carbonyl (C=O) groups is 4. The highest BCUT2D eigenvalue weighted by atomic mass is 19.1. The van der Waals surface area contributed by atoms with Crippen LogP contribution in [0, 0.1) is 17.6 Å². The highest BCUT2D eigenvalue weighted by Crippen LogP contribution is 2.39. The lowest BCUT2D eigenvalue weighted by Gasteiger charge is -2.37. The molecular weight excluding hydrogens is 821 g/mol. The molecule has 9 rings (SSSR count). The van der Waals surface area contributed by atoms with Crippen molar-refractivity contribution in [3.8, 4) is 11.3 Å². The van der Waals surface area contributed by atoms with Crippen LogP contribution >= 0.6 is 0 Å². The molecule has 3 aliphatic heterocycles. The topological polar surface area (TPSA) is 169 Å². The van der Waals surface area contributed by atoms with Crippen molar-refractivity contribution in [3.05, 3.63) is 125 Å².